The van der Waals surface area contributed by atoms with Crippen LogP contribution in [0.5, 0.6) is 0 Å². The van der Waals surface area contributed by atoms with E-state index in [2.05, 4.69) is 21.9 Å². The maximum atomic E-state index is 12.1. The highest BCUT2D eigenvalue weighted by Gasteiger charge is 2.13. The topological polar surface area (TPSA) is 71.1 Å². The Bertz CT molecular complexity index is 489. The van der Waals surface area contributed by atoms with Crippen molar-refractivity contribution in [3.63, 3.8) is 0 Å². The van der Waals surface area contributed by atoms with Gasteiger partial charge in [-0.15, -0.1) is 0 Å². The quantitative estimate of drug-likeness (QED) is 0.652. The average molecular weight is 299 g/mol. The Morgan fingerprint density at radius 3 is 2.60 bits per heavy atom. The van der Waals surface area contributed by atoms with Gasteiger partial charge in [0.2, 0.25) is 10.0 Å². The summed E-state index contributed by atoms with van der Waals surface area (Å²) >= 11 is 0. The molecule has 0 aliphatic rings. The van der Waals surface area contributed by atoms with Crippen molar-refractivity contribution in [2.24, 2.45) is 0 Å². The van der Waals surface area contributed by atoms with E-state index >= 15 is 0 Å². The summed E-state index contributed by atoms with van der Waals surface area (Å²) in [7, 11) is -3.43. The first kappa shape index (κ1) is 16.9. The lowest BCUT2D eigenvalue weighted by atomic mass is 10.2. The highest BCUT2D eigenvalue weighted by molar-refractivity contribution is 7.89. The molecule has 2 N–H and O–H groups in total. The first-order chi connectivity index (χ1) is 9.60. The van der Waals surface area contributed by atoms with Crippen LogP contribution in [0.15, 0.2) is 23.2 Å². The maximum Gasteiger partial charge on any atom is 0.240 e. The van der Waals surface area contributed by atoms with Crippen molar-refractivity contribution in [2.75, 3.05) is 18.4 Å². The van der Waals surface area contributed by atoms with E-state index in [0.29, 0.717) is 12.4 Å². The summed E-state index contributed by atoms with van der Waals surface area (Å²) < 4.78 is 26.9. The number of anilines is 1. The molecule has 0 aliphatic heterocycles. The van der Waals surface area contributed by atoms with Crippen molar-refractivity contribution in [1.29, 1.82) is 0 Å². The molecule has 0 spiro atoms. The standard InChI is InChI=1S/C14H25N3O2S/c1-3-5-6-7-10-17-20(18,19)13-8-11-16-14(12-13)15-9-4-2/h8,11-12,17H,3-7,9-10H2,1-2H3,(H,15,16). The van der Waals surface area contributed by atoms with Gasteiger partial charge >= 0.3 is 0 Å². The van der Waals surface area contributed by atoms with E-state index in [-0.39, 0.29) is 4.90 Å². The van der Waals surface area contributed by atoms with Crippen LogP contribution in [0.4, 0.5) is 5.82 Å². The predicted molar refractivity (Wildman–Crippen MR) is 82.3 cm³/mol. The number of hydrogen-bond acceptors (Lipinski definition) is 4. The van der Waals surface area contributed by atoms with Crippen molar-refractivity contribution in [1.82, 2.24) is 9.71 Å². The molecule has 0 saturated heterocycles. The number of nitrogens with one attached hydrogen (secondary N) is 2. The van der Waals surface area contributed by atoms with Gasteiger partial charge < -0.3 is 5.32 Å². The van der Waals surface area contributed by atoms with Gasteiger partial charge in [0, 0.05) is 25.4 Å². The summed E-state index contributed by atoms with van der Waals surface area (Å²) in [5.41, 5.74) is 0. The summed E-state index contributed by atoms with van der Waals surface area (Å²) in [6, 6.07) is 3.09. The summed E-state index contributed by atoms with van der Waals surface area (Å²) in [6.45, 7) is 5.45. The van der Waals surface area contributed by atoms with Crippen molar-refractivity contribution < 1.29 is 8.42 Å². The van der Waals surface area contributed by atoms with Gasteiger partial charge in [-0.3, -0.25) is 0 Å². The van der Waals surface area contributed by atoms with Crippen molar-refractivity contribution in [3.8, 4) is 0 Å². The molecule has 0 radical (unpaired) electrons. The normalized spacial score (nSPS) is 11.5. The Morgan fingerprint density at radius 1 is 1.10 bits per heavy atom. The van der Waals surface area contributed by atoms with E-state index in [1.54, 1.807) is 6.07 Å². The number of unbranched alkanes of at least 4 members (excludes halogenated alkanes) is 3. The Morgan fingerprint density at radius 2 is 1.90 bits per heavy atom. The fourth-order valence-corrected chi connectivity index (χ4v) is 2.86. The third-order valence-electron chi connectivity index (χ3n) is 2.92. The molecular weight excluding hydrogens is 274 g/mol. The largest absolute Gasteiger partial charge is 0.370 e. The molecule has 1 aromatic heterocycles. The number of aromatic nitrogens is 1. The molecule has 0 atom stereocenters. The van der Waals surface area contributed by atoms with Crippen LogP contribution in [0, 0.1) is 0 Å². The molecular formula is C14H25N3O2S. The molecule has 0 aromatic carbocycles. The molecule has 0 bridgehead atoms. The highest BCUT2D eigenvalue weighted by atomic mass is 32.2. The Labute approximate surface area is 122 Å². The van der Waals surface area contributed by atoms with Crippen LogP contribution in [-0.2, 0) is 10.0 Å². The van der Waals surface area contributed by atoms with E-state index in [9.17, 15) is 8.42 Å². The first-order valence-electron chi connectivity index (χ1n) is 7.29. The van der Waals surface area contributed by atoms with Crippen LogP contribution >= 0.6 is 0 Å². The number of rotatable bonds is 10. The summed E-state index contributed by atoms with van der Waals surface area (Å²) in [4.78, 5) is 4.37. The minimum atomic E-state index is -3.43. The van der Waals surface area contributed by atoms with Crippen LogP contribution in [0.3, 0.4) is 0 Å². The Balaban J connectivity index is 2.57. The smallest absolute Gasteiger partial charge is 0.240 e. The van der Waals surface area contributed by atoms with Gasteiger partial charge in [0.25, 0.3) is 0 Å². The molecule has 1 aromatic rings. The van der Waals surface area contributed by atoms with E-state index < -0.39 is 10.0 Å². The first-order valence-corrected chi connectivity index (χ1v) is 8.78. The molecule has 0 fully saturated rings. The second-order valence-electron chi connectivity index (χ2n) is 4.76. The predicted octanol–water partition coefficient (Wildman–Crippen LogP) is 2.76. The summed E-state index contributed by atoms with van der Waals surface area (Å²) in [5.74, 6) is 0.598. The maximum absolute atomic E-state index is 12.1. The van der Waals surface area contributed by atoms with Gasteiger partial charge in [-0.1, -0.05) is 33.1 Å². The van der Waals surface area contributed by atoms with Crippen LogP contribution in [0.25, 0.3) is 0 Å². The number of nitrogens with zero attached hydrogens (tertiary/aromatic N) is 1. The second kappa shape index (κ2) is 8.92. The monoisotopic (exact) mass is 299 g/mol. The van der Waals surface area contributed by atoms with Gasteiger partial charge in [-0.2, -0.15) is 0 Å². The fourth-order valence-electron chi connectivity index (χ4n) is 1.77. The minimum Gasteiger partial charge on any atom is -0.370 e. The van der Waals surface area contributed by atoms with Crippen molar-refractivity contribution in [3.05, 3.63) is 18.3 Å². The van der Waals surface area contributed by atoms with E-state index in [4.69, 9.17) is 0 Å². The van der Waals surface area contributed by atoms with Gasteiger partial charge in [-0.25, -0.2) is 18.1 Å². The molecule has 0 amide bonds. The molecule has 1 heterocycles. The number of hydrogen-bond donors (Lipinski definition) is 2. The Kier molecular flexibility index (Phi) is 7.54. The van der Waals surface area contributed by atoms with Gasteiger partial charge in [0.15, 0.2) is 0 Å². The van der Waals surface area contributed by atoms with Crippen LogP contribution in [0.2, 0.25) is 0 Å². The van der Waals surface area contributed by atoms with Gasteiger partial charge in [-0.05, 0) is 18.9 Å². The van der Waals surface area contributed by atoms with E-state index in [1.807, 2.05) is 6.92 Å². The zero-order valence-electron chi connectivity index (χ0n) is 12.4. The summed E-state index contributed by atoms with van der Waals surface area (Å²) in [5, 5.41) is 3.09. The van der Waals surface area contributed by atoms with Crippen LogP contribution in [-0.4, -0.2) is 26.5 Å². The molecule has 20 heavy (non-hydrogen) atoms. The molecule has 0 aliphatic carbocycles. The van der Waals surface area contributed by atoms with E-state index in [1.165, 1.54) is 12.3 Å². The third kappa shape index (κ3) is 5.88. The molecule has 6 heteroatoms. The zero-order chi connectivity index (χ0) is 14.8. The van der Waals surface area contributed by atoms with Crippen molar-refractivity contribution in [2.45, 2.75) is 50.8 Å². The molecule has 114 valence electrons. The lowest BCUT2D eigenvalue weighted by molar-refractivity contribution is 0.573. The lowest BCUT2D eigenvalue weighted by Gasteiger charge is -2.08. The van der Waals surface area contributed by atoms with Crippen LogP contribution < -0.4 is 10.0 Å². The average Bonchev–Trinajstić information content (AvgIpc) is 2.45. The number of sulfonamides is 1. The SMILES string of the molecule is CCCCCCNS(=O)(=O)c1ccnc(NCCC)c1. The number of pyridine rings is 1. The highest BCUT2D eigenvalue weighted by Crippen LogP contribution is 2.12. The van der Waals surface area contributed by atoms with E-state index in [0.717, 1.165) is 38.6 Å². The molecule has 0 saturated carbocycles. The van der Waals surface area contributed by atoms with Gasteiger partial charge in [0.05, 0.1) is 4.90 Å². The fraction of sp³-hybridized carbons (Fsp3) is 0.643. The summed E-state index contributed by atoms with van der Waals surface area (Å²) in [6.07, 6.45) is 6.70. The minimum absolute atomic E-state index is 0.265. The van der Waals surface area contributed by atoms with Gasteiger partial charge in [0.1, 0.15) is 5.82 Å². The van der Waals surface area contributed by atoms with Crippen LogP contribution in [0.1, 0.15) is 46.0 Å². The lowest BCUT2D eigenvalue weighted by Crippen LogP contribution is -2.25. The van der Waals surface area contributed by atoms with Crippen molar-refractivity contribution >= 4 is 15.8 Å². The zero-order valence-corrected chi connectivity index (χ0v) is 13.2. The third-order valence-corrected chi connectivity index (χ3v) is 4.38. The Hall–Kier alpha value is -1.14. The molecule has 5 nitrogen and oxygen atoms in total. The molecule has 1 rings (SSSR count). The molecule has 0 unspecified atom stereocenters. The second-order valence-corrected chi connectivity index (χ2v) is 6.53.